The lowest BCUT2D eigenvalue weighted by Gasteiger charge is -2.15. The van der Waals surface area contributed by atoms with Gasteiger partial charge in [0.2, 0.25) is 5.91 Å². The van der Waals surface area contributed by atoms with Gasteiger partial charge in [0.25, 0.3) is 0 Å². The third kappa shape index (κ3) is 3.43. The van der Waals surface area contributed by atoms with Gasteiger partial charge in [-0.05, 0) is 37.0 Å². The van der Waals surface area contributed by atoms with Crippen molar-refractivity contribution < 1.29 is 14.7 Å². The molecule has 1 aliphatic rings. The lowest BCUT2D eigenvalue weighted by atomic mass is 9.95. The molecular weight excluding hydrogens is 266 g/mol. The molecule has 0 radical (unpaired) electrons. The number of carboxylic acid groups (broad SMARTS) is 1. The third-order valence-electron chi connectivity index (χ3n) is 4.19. The zero-order valence-electron chi connectivity index (χ0n) is 12.0. The minimum absolute atomic E-state index is 0.229. The van der Waals surface area contributed by atoms with E-state index in [4.69, 9.17) is 6.42 Å². The number of amides is 1. The van der Waals surface area contributed by atoms with E-state index in [1.807, 2.05) is 6.92 Å². The second-order valence-corrected chi connectivity index (χ2v) is 5.51. The van der Waals surface area contributed by atoms with Crippen molar-refractivity contribution in [3.8, 4) is 12.3 Å². The van der Waals surface area contributed by atoms with Crippen molar-refractivity contribution in [2.45, 2.75) is 26.2 Å². The Balaban J connectivity index is 2.11. The highest BCUT2D eigenvalue weighted by Gasteiger charge is 2.42. The molecule has 1 aromatic carbocycles. The average molecular weight is 285 g/mol. The molecule has 110 valence electrons. The number of benzene rings is 1. The van der Waals surface area contributed by atoms with Crippen LogP contribution in [0, 0.1) is 30.1 Å². The van der Waals surface area contributed by atoms with Crippen molar-refractivity contribution in [3.05, 3.63) is 29.8 Å². The molecular formula is C17H19NO3. The molecule has 0 aromatic heterocycles. The smallest absolute Gasteiger partial charge is 0.307 e. The molecule has 3 atom stereocenters. The molecule has 4 heteroatoms. The van der Waals surface area contributed by atoms with Crippen LogP contribution < -0.4 is 5.32 Å². The minimum atomic E-state index is -0.886. The molecule has 1 unspecified atom stereocenters. The van der Waals surface area contributed by atoms with Gasteiger partial charge in [0.15, 0.2) is 0 Å². The van der Waals surface area contributed by atoms with E-state index in [0.717, 1.165) is 6.42 Å². The molecule has 0 bridgehead atoms. The number of terminal acetylenes is 1. The van der Waals surface area contributed by atoms with Crippen molar-refractivity contribution in [2.24, 2.45) is 17.8 Å². The standard InChI is InChI=1S/C17H19NO3/c1-3-11-6-5-7-13(8-11)18-16(19)14-9-12(4-2)10-15(14)17(20)21/h1,5-8,12,14-15H,4,9-10H2,2H3,(H,18,19)(H,20,21)/t12?,14-,15+/m0/s1. The van der Waals surface area contributed by atoms with Crippen LogP contribution in [-0.4, -0.2) is 17.0 Å². The molecule has 0 spiro atoms. The number of rotatable bonds is 4. The first kappa shape index (κ1) is 15.1. The topological polar surface area (TPSA) is 66.4 Å². The summed E-state index contributed by atoms with van der Waals surface area (Å²) in [7, 11) is 0. The van der Waals surface area contributed by atoms with Crippen molar-refractivity contribution >= 4 is 17.6 Å². The summed E-state index contributed by atoms with van der Waals surface area (Å²) >= 11 is 0. The SMILES string of the molecule is C#Cc1cccc(NC(=O)[C@H]2CC(CC)C[C@H]2C(=O)O)c1. The van der Waals surface area contributed by atoms with Crippen LogP contribution in [0.4, 0.5) is 5.69 Å². The van der Waals surface area contributed by atoms with Gasteiger partial charge in [0.1, 0.15) is 0 Å². The van der Waals surface area contributed by atoms with Gasteiger partial charge in [0.05, 0.1) is 11.8 Å². The maximum atomic E-state index is 12.4. The summed E-state index contributed by atoms with van der Waals surface area (Å²) in [5.74, 6) is 0.635. The van der Waals surface area contributed by atoms with E-state index in [9.17, 15) is 14.7 Å². The summed E-state index contributed by atoms with van der Waals surface area (Å²) in [4.78, 5) is 23.7. The number of anilines is 1. The van der Waals surface area contributed by atoms with Gasteiger partial charge in [-0.15, -0.1) is 6.42 Å². The first-order valence-corrected chi connectivity index (χ1v) is 7.15. The molecule has 1 saturated carbocycles. The molecule has 1 aromatic rings. The Morgan fingerprint density at radius 3 is 2.71 bits per heavy atom. The molecule has 2 N–H and O–H groups in total. The molecule has 1 fully saturated rings. The van der Waals surface area contributed by atoms with Crippen LogP contribution in [0.3, 0.4) is 0 Å². The lowest BCUT2D eigenvalue weighted by Crippen LogP contribution is -2.30. The fourth-order valence-corrected chi connectivity index (χ4v) is 2.96. The molecule has 1 amide bonds. The van der Waals surface area contributed by atoms with Crippen LogP contribution in [0.1, 0.15) is 31.7 Å². The molecule has 0 heterocycles. The van der Waals surface area contributed by atoms with Crippen LogP contribution in [0.2, 0.25) is 0 Å². The second-order valence-electron chi connectivity index (χ2n) is 5.51. The molecule has 1 aliphatic carbocycles. The third-order valence-corrected chi connectivity index (χ3v) is 4.19. The summed E-state index contributed by atoms with van der Waals surface area (Å²) in [6, 6.07) is 7.00. The van der Waals surface area contributed by atoms with E-state index in [2.05, 4.69) is 11.2 Å². The van der Waals surface area contributed by atoms with E-state index >= 15 is 0 Å². The van der Waals surface area contributed by atoms with Crippen LogP contribution in [0.15, 0.2) is 24.3 Å². The van der Waals surface area contributed by atoms with Gasteiger partial charge in [0, 0.05) is 11.3 Å². The summed E-state index contributed by atoms with van der Waals surface area (Å²) in [5, 5.41) is 12.1. The first-order chi connectivity index (χ1) is 10.0. The van der Waals surface area contributed by atoms with E-state index in [-0.39, 0.29) is 5.91 Å². The second kappa shape index (κ2) is 6.45. The largest absolute Gasteiger partial charge is 0.481 e. The normalized spacial score (nSPS) is 24.3. The quantitative estimate of drug-likeness (QED) is 0.836. The van der Waals surface area contributed by atoms with Crippen LogP contribution in [-0.2, 0) is 9.59 Å². The Bertz CT molecular complexity index is 588. The van der Waals surface area contributed by atoms with Gasteiger partial charge >= 0.3 is 5.97 Å². The van der Waals surface area contributed by atoms with Gasteiger partial charge in [-0.2, -0.15) is 0 Å². The van der Waals surface area contributed by atoms with Gasteiger partial charge in [-0.1, -0.05) is 25.3 Å². The van der Waals surface area contributed by atoms with E-state index in [1.54, 1.807) is 24.3 Å². The van der Waals surface area contributed by atoms with Gasteiger partial charge in [-0.25, -0.2) is 0 Å². The number of carboxylic acids is 1. The van der Waals surface area contributed by atoms with Crippen molar-refractivity contribution in [2.75, 3.05) is 5.32 Å². The number of aliphatic carboxylic acids is 1. The molecule has 0 saturated heterocycles. The lowest BCUT2D eigenvalue weighted by molar-refractivity contribution is -0.145. The summed E-state index contributed by atoms with van der Waals surface area (Å²) in [6.45, 7) is 2.03. The van der Waals surface area contributed by atoms with Crippen molar-refractivity contribution in [1.29, 1.82) is 0 Å². The number of carbonyl (C=O) groups excluding carboxylic acids is 1. The number of hydrogen-bond donors (Lipinski definition) is 2. The highest BCUT2D eigenvalue weighted by molar-refractivity contribution is 5.95. The Hall–Kier alpha value is -2.28. The zero-order valence-corrected chi connectivity index (χ0v) is 12.0. The summed E-state index contributed by atoms with van der Waals surface area (Å²) in [5.41, 5.74) is 1.29. The molecule has 4 nitrogen and oxygen atoms in total. The van der Waals surface area contributed by atoms with E-state index < -0.39 is 17.8 Å². The first-order valence-electron chi connectivity index (χ1n) is 7.15. The van der Waals surface area contributed by atoms with Crippen LogP contribution in [0.25, 0.3) is 0 Å². The highest BCUT2D eigenvalue weighted by Crippen LogP contribution is 2.39. The van der Waals surface area contributed by atoms with Crippen LogP contribution >= 0.6 is 0 Å². The fourth-order valence-electron chi connectivity index (χ4n) is 2.96. The van der Waals surface area contributed by atoms with E-state index in [0.29, 0.717) is 30.0 Å². The number of hydrogen-bond acceptors (Lipinski definition) is 2. The van der Waals surface area contributed by atoms with Gasteiger partial charge < -0.3 is 10.4 Å². The van der Waals surface area contributed by atoms with Gasteiger partial charge in [-0.3, -0.25) is 9.59 Å². The molecule has 21 heavy (non-hydrogen) atoms. The minimum Gasteiger partial charge on any atom is -0.481 e. The predicted octanol–water partition coefficient (Wildman–Crippen LogP) is 2.74. The zero-order chi connectivity index (χ0) is 15.4. The summed E-state index contributed by atoms with van der Waals surface area (Å²) < 4.78 is 0. The van der Waals surface area contributed by atoms with Crippen molar-refractivity contribution in [1.82, 2.24) is 0 Å². The monoisotopic (exact) mass is 285 g/mol. The Labute approximate surface area is 124 Å². The van der Waals surface area contributed by atoms with Crippen molar-refractivity contribution in [3.63, 3.8) is 0 Å². The Kier molecular flexibility index (Phi) is 4.64. The maximum Gasteiger partial charge on any atom is 0.307 e. The molecule has 2 rings (SSSR count). The predicted molar refractivity (Wildman–Crippen MR) is 80.6 cm³/mol. The Morgan fingerprint density at radius 1 is 1.38 bits per heavy atom. The maximum absolute atomic E-state index is 12.4. The average Bonchev–Trinajstić information content (AvgIpc) is 2.92. The van der Waals surface area contributed by atoms with Crippen LogP contribution in [0.5, 0.6) is 0 Å². The van der Waals surface area contributed by atoms with E-state index in [1.165, 1.54) is 0 Å². The fraction of sp³-hybridized carbons (Fsp3) is 0.412. The highest BCUT2D eigenvalue weighted by atomic mass is 16.4. The number of carbonyl (C=O) groups is 2. The number of nitrogens with one attached hydrogen (secondary N) is 1. The molecule has 0 aliphatic heterocycles. The summed E-state index contributed by atoms with van der Waals surface area (Å²) in [6.07, 6.45) is 7.44. The Morgan fingerprint density at radius 2 is 2.10 bits per heavy atom.